The molecule has 0 aliphatic heterocycles. The predicted octanol–water partition coefficient (Wildman–Crippen LogP) is 2.22. The third kappa shape index (κ3) is 5.25. The van der Waals surface area contributed by atoms with Gasteiger partial charge in [0.1, 0.15) is 5.76 Å². The lowest BCUT2D eigenvalue weighted by molar-refractivity contribution is -0.121. The number of halogens is 1. The Morgan fingerprint density at radius 3 is 2.60 bits per heavy atom. The Labute approximate surface area is 124 Å². The molecule has 0 aromatic carbocycles. The molecular weight excluding hydrogens is 280 g/mol. The molecule has 2 amide bonds. The summed E-state index contributed by atoms with van der Waals surface area (Å²) in [5.74, 6) is 1.17. The molecule has 0 spiro atoms. The summed E-state index contributed by atoms with van der Waals surface area (Å²) in [7, 11) is 0. The third-order valence-electron chi connectivity index (χ3n) is 2.73. The number of carbonyl (C=O) groups excluding carboxylic acids is 2. The molecule has 0 aliphatic carbocycles. The van der Waals surface area contributed by atoms with Gasteiger partial charge in [0.2, 0.25) is 5.91 Å². The van der Waals surface area contributed by atoms with Crippen LogP contribution in [0.4, 0.5) is 0 Å². The Hall–Kier alpha value is -1.49. The normalized spacial score (nSPS) is 10.7. The zero-order valence-corrected chi connectivity index (χ0v) is 12.8. The molecule has 2 N–H and O–H groups in total. The van der Waals surface area contributed by atoms with Crippen molar-refractivity contribution in [2.45, 2.75) is 33.1 Å². The lowest BCUT2D eigenvalue weighted by Crippen LogP contribution is -2.32. The van der Waals surface area contributed by atoms with Crippen molar-refractivity contribution >= 4 is 23.4 Å². The van der Waals surface area contributed by atoms with Crippen molar-refractivity contribution < 1.29 is 14.0 Å². The molecule has 0 atom stereocenters. The molecule has 0 fully saturated rings. The molecule has 1 aromatic heterocycles. The Bertz CT molecular complexity index is 469. The first-order valence-electron chi connectivity index (χ1n) is 6.64. The highest BCUT2D eigenvalue weighted by Crippen LogP contribution is 2.16. The molecule has 0 bridgehead atoms. The van der Waals surface area contributed by atoms with Crippen LogP contribution in [0, 0.1) is 12.8 Å². The van der Waals surface area contributed by atoms with Crippen molar-refractivity contribution in [2.24, 2.45) is 5.92 Å². The summed E-state index contributed by atoms with van der Waals surface area (Å²) in [5, 5.41) is 5.43. The molecule has 0 unspecified atom stereocenters. The second-order valence-corrected chi connectivity index (χ2v) is 5.30. The fourth-order valence-electron chi connectivity index (χ4n) is 1.55. The number of carbonyl (C=O) groups is 2. The zero-order chi connectivity index (χ0) is 15.1. The molecule has 5 nitrogen and oxygen atoms in total. The van der Waals surface area contributed by atoms with Crippen LogP contribution >= 0.6 is 11.6 Å². The fourth-order valence-corrected chi connectivity index (χ4v) is 1.81. The van der Waals surface area contributed by atoms with Gasteiger partial charge in [-0.3, -0.25) is 9.59 Å². The maximum absolute atomic E-state index is 11.8. The Morgan fingerprint density at radius 1 is 1.35 bits per heavy atom. The van der Waals surface area contributed by atoms with E-state index in [9.17, 15) is 9.59 Å². The van der Waals surface area contributed by atoms with Crippen LogP contribution in [0.25, 0.3) is 0 Å². The summed E-state index contributed by atoms with van der Waals surface area (Å²) in [6, 6.07) is 1.62. The average Bonchev–Trinajstić information content (AvgIpc) is 2.77. The minimum atomic E-state index is -0.332. The van der Waals surface area contributed by atoms with Gasteiger partial charge in [-0.05, 0) is 18.9 Å². The van der Waals surface area contributed by atoms with Crippen LogP contribution < -0.4 is 10.6 Å². The van der Waals surface area contributed by atoms with Crippen molar-refractivity contribution in [1.29, 1.82) is 0 Å². The Kier molecular flexibility index (Phi) is 6.58. The minimum absolute atomic E-state index is 0.0731. The van der Waals surface area contributed by atoms with E-state index in [0.717, 1.165) is 5.56 Å². The molecule has 1 heterocycles. The lowest BCUT2D eigenvalue weighted by atomic mass is 10.2. The van der Waals surface area contributed by atoms with Gasteiger partial charge in [-0.25, -0.2) is 0 Å². The van der Waals surface area contributed by atoms with Gasteiger partial charge in [0.25, 0.3) is 5.91 Å². The summed E-state index contributed by atoms with van der Waals surface area (Å²) < 4.78 is 5.31. The maximum Gasteiger partial charge on any atom is 0.287 e. The quantitative estimate of drug-likeness (QED) is 0.759. The molecule has 1 aromatic rings. The van der Waals surface area contributed by atoms with Crippen LogP contribution in [0.3, 0.4) is 0 Å². The summed E-state index contributed by atoms with van der Waals surface area (Å²) in [5.41, 5.74) is 0.798. The van der Waals surface area contributed by atoms with E-state index < -0.39 is 0 Å². The highest BCUT2D eigenvalue weighted by molar-refractivity contribution is 6.17. The van der Waals surface area contributed by atoms with Gasteiger partial charge in [0, 0.05) is 25.1 Å². The van der Waals surface area contributed by atoms with E-state index in [2.05, 4.69) is 10.6 Å². The van der Waals surface area contributed by atoms with Gasteiger partial charge >= 0.3 is 0 Å². The fraction of sp³-hybridized carbons (Fsp3) is 0.571. The van der Waals surface area contributed by atoms with Crippen molar-refractivity contribution in [3.8, 4) is 0 Å². The molecule has 20 heavy (non-hydrogen) atoms. The standard InChI is InChI=1S/C14H21ClN2O3/c1-9(2)8-17-13(18)4-5-16-14(19)12-6-11(7-15)10(3)20-12/h6,9H,4-5,7-8H2,1-3H3,(H,16,19)(H,17,18). The number of nitrogens with one attached hydrogen (secondary N) is 2. The first-order valence-corrected chi connectivity index (χ1v) is 7.17. The highest BCUT2D eigenvalue weighted by Gasteiger charge is 2.13. The van der Waals surface area contributed by atoms with Gasteiger partial charge in [-0.1, -0.05) is 13.8 Å². The molecule has 112 valence electrons. The average molecular weight is 301 g/mol. The molecule has 6 heteroatoms. The monoisotopic (exact) mass is 300 g/mol. The van der Waals surface area contributed by atoms with Crippen LogP contribution in [0.2, 0.25) is 0 Å². The van der Waals surface area contributed by atoms with E-state index in [4.69, 9.17) is 16.0 Å². The Balaban J connectivity index is 2.34. The van der Waals surface area contributed by atoms with Crippen LogP contribution in [-0.2, 0) is 10.7 Å². The van der Waals surface area contributed by atoms with E-state index in [1.54, 1.807) is 13.0 Å². The van der Waals surface area contributed by atoms with E-state index in [1.807, 2.05) is 13.8 Å². The lowest BCUT2D eigenvalue weighted by Gasteiger charge is -2.07. The van der Waals surface area contributed by atoms with Crippen molar-refractivity contribution in [2.75, 3.05) is 13.1 Å². The maximum atomic E-state index is 11.8. The van der Waals surface area contributed by atoms with Gasteiger partial charge in [0.05, 0.1) is 5.88 Å². The van der Waals surface area contributed by atoms with Crippen LogP contribution in [0.1, 0.15) is 42.1 Å². The number of alkyl halides is 1. The van der Waals surface area contributed by atoms with E-state index in [0.29, 0.717) is 24.1 Å². The number of aryl methyl sites for hydroxylation is 1. The zero-order valence-electron chi connectivity index (χ0n) is 12.1. The van der Waals surface area contributed by atoms with Crippen LogP contribution in [0.15, 0.2) is 10.5 Å². The van der Waals surface area contributed by atoms with Gasteiger partial charge < -0.3 is 15.1 Å². The topological polar surface area (TPSA) is 71.3 Å². The predicted molar refractivity (Wildman–Crippen MR) is 77.8 cm³/mol. The van der Waals surface area contributed by atoms with Gasteiger partial charge in [-0.2, -0.15) is 0 Å². The second-order valence-electron chi connectivity index (χ2n) is 5.03. The molecule has 0 radical (unpaired) electrons. The summed E-state index contributed by atoms with van der Waals surface area (Å²) in [6.07, 6.45) is 0.251. The SMILES string of the molecule is Cc1oc(C(=O)NCCC(=O)NCC(C)C)cc1CCl. The summed E-state index contributed by atoms with van der Waals surface area (Å²) in [6.45, 7) is 6.72. The van der Waals surface area contributed by atoms with Gasteiger partial charge in [-0.15, -0.1) is 11.6 Å². The smallest absolute Gasteiger partial charge is 0.287 e. The summed E-state index contributed by atoms with van der Waals surface area (Å²) >= 11 is 5.71. The Morgan fingerprint density at radius 2 is 2.05 bits per heavy atom. The number of hydrogen-bond acceptors (Lipinski definition) is 3. The van der Waals surface area contributed by atoms with E-state index >= 15 is 0 Å². The van der Waals surface area contributed by atoms with Crippen molar-refractivity contribution in [1.82, 2.24) is 10.6 Å². The van der Waals surface area contributed by atoms with Crippen LogP contribution in [-0.4, -0.2) is 24.9 Å². The molecule has 0 aliphatic rings. The molecule has 0 saturated carbocycles. The van der Waals surface area contributed by atoms with Crippen molar-refractivity contribution in [3.05, 3.63) is 23.2 Å². The first kappa shape index (κ1) is 16.6. The summed E-state index contributed by atoms with van der Waals surface area (Å²) in [4.78, 5) is 23.3. The number of rotatable bonds is 7. The largest absolute Gasteiger partial charge is 0.456 e. The molecule has 0 saturated heterocycles. The first-order chi connectivity index (χ1) is 9.43. The number of amides is 2. The van der Waals surface area contributed by atoms with E-state index in [-0.39, 0.29) is 30.5 Å². The molecular formula is C14H21ClN2O3. The van der Waals surface area contributed by atoms with Gasteiger partial charge in [0.15, 0.2) is 5.76 Å². The minimum Gasteiger partial charge on any atom is -0.456 e. The van der Waals surface area contributed by atoms with E-state index in [1.165, 1.54) is 0 Å². The highest BCUT2D eigenvalue weighted by atomic mass is 35.5. The third-order valence-corrected chi connectivity index (χ3v) is 3.02. The van der Waals surface area contributed by atoms with Crippen LogP contribution in [0.5, 0.6) is 0 Å². The molecule has 1 rings (SSSR count). The van der Waals surface area contributed by atoms with Crippen molar-refractivity contribution in [3.63, 3.8) is 0 Å². The second kappa shape index (κ2) is 7.94. The number of furan rings is 1. The number of hydrogen-bond donors (Lipinski definition) is 2.